The van der Waals surface area contributed by atoms with Crippen LogP contribution >= 0.6 is 11.6 Å². The topological polar surface area (TPSA) is 42.2 Å². The van der Waals surface area contributed by atoms with Crippen LogP contribution in [0.3, 0.4) is 0 Å². The molecular weight excluding hydrogens is 238 g/mol. The monoisotopic (exact) mass is 251 g/mol. The minimum atomic E-state index is 0.106. The molecule has 0 aliphatic carbocycles. The van der Waals surface area contributed by atoms with Crippen molar-refractivity contribution in [3.8, 4) is 11.8 Å². The second-order valence-corrected chi connectivity index (χ2v) is 5.10. The maximum atomic E-state index is 8.59. The molecule has 0 N–H and O–H groups in total. The Morgan fingerprint density at radius 2 is 2.29 bits per heavy atom. The van der Waals surface area contributed by atoms with Gasteiger partial charge in [-0.2, -0.15) is 5.26 Å². The molecule has 4 heteroatoms. The number of rotatable bonds is 4. The highest BCUT2D eigenvalue weighted by Gasteiger charge is 2.34. The summed E-state index contributed by atoms with van der Waals surface area (Å²) in [5.41, 5.74) is 1.01. The molecule has 1 aromatic rings. The quantitative estimate of drug-likeness (QED) is 0.826. The summed E-state index contributed by atoms with van der Waals surface area (Å²) in [5.74, 6) is 0.668. The van der Waals surface area contributed by atoms with Crippen molar-refractivity contribution in [1.29, 1.82) is 5.26 Å². The van der Waals surface area contributed by atoms with Gasteiger partial charge < -0.3 is 9.47 Å². The highest BCUT2D eigenvalue weighted by atomic mass is 35.5. The van der Waals surface area contributed by atoms with E-state index >= 15 is 0 Å². The first-order valence-corrected chi connectivity index (χ1v) is 5.87. The summed E-state index contributed by atoms with van der Waals surface area (Å²) >= 11 is 6.09. The van der Waals surface area contributed by atoms with E-state index in [0.717, 1.165) is 18.8 Å². The number of nitrogens with zero attached hydrogens (tertiary/aromatic N) is 1. The maximum absolute atomic E-state index is 8.59. The summed E-state index contributed by atoms with van der Waals surface area (Å²) < 4.78 is 10.8. The third-order valence-electron chi connectivity index (χ3n) is 2.76. The molecular formula is C13H14ClNO2. The molecule has 0 unspecified atom stereocenters. The number of benzene rings is 1. The molecule has 0 radical (unpaired) electrons. The minimum absolute atomic E-state index is 0.106. The van der Waals surface area contributed by atoms with Gasteiger partial charge in [0.05, 0.1) is 37.3 Å². The molecule has 1 heterocycles. The molecule has 90 valence electrons. The van der Waals surface area contributed by atoms with E-state index in [-0.39, 0.29) is 5.41 Å². The summed E-state index contributed by atoms with van der Waals surface area (Å²) in [4.78, 5) is 0. The minimum Gasteiger partial charge on any atom is -0.491 e. The highest BCUT2D eigenvalue weighted by molar-refractivity contribution is 6.32. The molecule has 17 heavy (non-hydrogen) atoms. The number of hydrogen-bond donors (Lipinski definition) is 0. The van der Waals surface area contributed by atoms with Crippen molar-refractivity contribution in [1.82, 2.24) is 0 Å². The van der Waals surface area contributed by atoms with Crippen LogP contribution in [0.5, 0.6) is 5.75 Å². The average molecular weight is 252 g/mol. The third kappa shape index (κ3) is 2.91. The van der Waals surface area contributed by atoms with Crippen molar-refractivity contribution in [2.75, 3.05) is 19.8 Å². The van der Waals surface area contributed by atoms with E-state index in [1.165, 1.54) is 0 Å². The van der Waals surface area contributed by atoms with E-state index in [4.69, 9.17) is 26.3 Å². The van der Waals surface area contributed by atoms with Crippen LogP contribution in [0, 0.1) is 16.7 Å². The van der Waals surface area contributed by atoms with E-state index in [1.54, 1.807) is 6.07 Å². The summed E-state index contributed by atoms with van der Waals surface area (Å²) in [5, 5.41) is 9.15. The molecule has 2 rings (SSSR count). The molecule has 0 amide bonds. The normalized spacial score (nSPS) is 17.0. The van der Waals surface area contributed by atoms with Crippen LogP contribution in [0.1, 0.15) is 12.5 Å². The summed E-state index contributed by atoms with van der Waals surface area (Å²) in [6.45, 7) is 4.19. The summed E-state index contributed by atoms with van der Waals surface area (Å²) in [6.07, 6.45) is 0.367. The number of ether oxygens (including phenoxy) is 2. The van der Waals surface area contributed by atoms with Gasteiger partial charge in [-0.15, -0.1) is 0 Å². The van der Waals surface area contributed by atoms with Gasteiger partial charge in [-0.1, -0.05) is 24.6 Å². The fraction of sp³-hybridized carbons (Fsp3) is 0.462. The standard InChI is InChI=1S/C13H14ClNO2/c1-13(7-16-8-13)9-17-12-3-2-10(4-5-15)6-11(12)14/h2-3,6H,4,7-9H2,1H3. The van der Waals surface area contributed by atoms with Gasteiger partial charge in [0.2, 0.25) is 0 Å². The van der Waals surface area contributed by atoms with Crippen LogP contribution in [0.2, 0.25) is 5.02 Å². The van der Waals surface area contributed by atoms with Gasteiger partial charge in [0.15, 0.2) is 0 Å². The Morgan fingerprint density at radius 3 is 2.82 bits per heavy atom. The van der Waals surface area contributed by atoms with E-state index in [0.29, 0.717) is 23.8 Å². The molecule has 0 saturated carbocycles. The van der Waals surface area contributed by atoms with Crippen molar-refractivity contribution in [3.63, 3.8) is 0 Å². The second kappa shape index (κ2) is 4.95. The summed E-state index contributed by atoms with van der Waals surface area (Å²) in [6, 6.07) is 7.55. The van der Waals surface area contributed by atoms with Crippen LogP contribution in [0.4, 0.5) is 0 Å². The summed E-state index contributed by atoms with van der Waals surface area (Å²) in [7, 11) is 0. The molecule has 1 fully saturated rings. The predicted octanol–water partition coefficient (Wildman–Crippen LogP) is 2.82. The molecule has 1 saturated heterocycles. The van der Waals surface area contributed by atoms with Gasteiger partial charge in [-0.3, -0.25) is 0 Å². The lowest BCUT2D eigenvalue weighted by atomic mass is 9.90. The van der Waals surface area contributed by atoms with E-state index in [9.17, 15) is 0 Å². The zero-order valence-corrected chi connectivity index (χ0v) is 10.5. The molecule has 1 aromatic carbocycles. The van der Waals surface area contributed by atoms with Crippen LogP contribution < -0.4 is 4.74 Å². The average Bonchev–Trinajstić information content (AvgIpc) is 2.26. The first kappa shape index (κ1) is 12.2. The Kier molecular flexibility index (Phi) is 3.56. The Bertz CT molecular complexity index is 449. The van der Waals surface area contributed by atoms with Gasteiger partial charge >= 0.3 is 0 Å². The van der Waals surface area contributed by atoms with Crippen LogP contribution in [0.15, 0.2) is 18.2 Å². The van der Waals surface area contributed by atoms with Crippen molar-refractivity contribution >= 4 is 11.6 Å². The van der Waals surface area contributed by atoms with E-state index in [1.807, 2.05) is 12.1 Å². The number of halogens is 1. The van der Waals surface area contributed by atoms with Crippen molar-refractivity contribution in [3.05, 3.63) is 28.8 Å². The first-order chi connectivity index (χ1) is 8.13. The Labute approximate surface area is 106 Å². The van der Waals surface area contributed by atoms with E-state index < -0.39 is 0 Å². The van der Waals surface area contributed by atoms with Gasteiger partial charge in [-0.05, 0) is 17.7 Å². The van der Waals surface area contributed by atoms with Crippen LogP contribution in [0.25, 0.3) is 0 Å². The molecule has 1 aliphatic rings. The van der Waals surface area contributed by atoms with Crippen molar-refractivity contribution in [2.45, 2.75) is 13.3 Å². The molecule has 0 aromatic heterocycles. The van der Waals surface area contributed by atoms with Crippen LogP contribution in [-0.4, -0.2) is 19.8 Å². The third-order valence-corrected chi connectivity index (χ3v) is 3.05. The SMILES string of the molecule is CC1(COc2ccc(CC#N)cc2Cl)COC1. The highest BCUT2D eigenvalue weighted by Crippen LogP contribution is 2.31. The first-order valence-electron chi connectivity index (χ1n) is 5.49. The van der Waals surface area contributed by atoms with Gasteiger partial charge in [0.1, 0.15) is 5.75 Å². The Balaban J connectivity index is 1.99. The smallest absolute Gasteiger partial charge is 0.137 e. The lowest BCUT2D eigenvalue weighted by molar-refractivity contribution is -0.120. The van der Waals surface area contributed by atoms with Crippen LogP contribution in [-0.2, 0) is 11.2 Å². The fourth-order valence-electron chi connectivity index (χ4n) is 1.65. The Hall–Kier alpha value is -1.24. The van der Waals surface area contributed by atoms with Crippen molar-refractivity contribution < 1.29 is 9.47 Å². The van der Waals surface area contributed by atoms with E-state index in [2.05, 4.69) is 13.0 Å². The number of hydrogen-bond acceptors (Lipinski definition) is 3. The van der Waals surface area contributed by atoms with Gasteiger partial charge in [0.25, 0.3) is 0 Å². The molecule has 1 aliphatic heterocycles. The lowest BCUT2D eigenvalue weighted by Crippen LogP contribution is -2.44. The second-order valence-electron chi connectivity index (χ2n) is 4.69. The zero-order chi connectivity index (χ0) is 12.3. The van der Waals surface area contributed by atoms with Gasteiger partial charge in [-0.25, -0.2) is 0 Å². The molecule has 0 spiro atoms. The predicted molar refractivity (Wildman–Crippen MR) is 65.2 cm³/mol. The fourth-order valence-corrected chi connectivity index (χ4v) is 1.91. The largest absolute Gasteiger partial charge is 0.491 e. The van der Waals surface area contributed by atoms with Gasteiger partial charge in [0, 0.05) is 5.41 Å². The molecule has 0 bridgehead atoms. The molecule has 0 atom stereocenters. The lowest BCUT2D eigenvalue weighted by Gasteiger charge is -2.37. The number of nitriles is 1. The zero-order valence-electron chi connectivity index (χ0n) is 9.70. The van der Waals surface area contributed by atoms with Crippen molar-refractivity contribution in [2.24, 2.45) is 5.41 Å². The molecule has 3 nitrogen and oxygen atoms in total. The Morgan fingerprint density at radius 1 is 1.53 bits per heavy atom. The maximum Gasteiger partial charge on any atom is 0.137 e.